The van der Waals surface area contributed by atoms with Crippen LogP contribution in [-0.4, -0.2) is 74.9 Å². The highest BCUT2D eigenvalue weighted by Crippen LogP contribution is 2.14. The Bertz CT molecular complexity index is 906. The first kappa shape index (κ1) is 29.3. The van der Waals surface area contributed by atoms with E-state index in [0.717, 1.165) is 0 Å². The number of aliphatic imine (C=N–C) groups is 1. The van der Waals surface area contributed by atoms with Gasteiger partial charge >= 0.3 is 18.1 Å². The Hall–Kier alpha value is -4.71. The average Bonchev–Trinajstić information content (AvgIpc) is 2.70. The number of carbonyl (C=O) groups is 2. The summed E-state index contributed by atoms with van der Waals surface area (Å²) >= 11 is 0. The van der Waals surface area contributed by atoms with E-state index in [1.165, 1.54) is 12.3 Å². The van der Waals surface area contributed by atoms with Gasteiger partial charge in [-0.1, -0.05) is 0 Å². The first-order valence-corrected chi connectivity index (χ1v) is 8.85. The van der Waals surface area contributed by atoms with Crippen LogP contribution in [0.25, 0.3) is 0 Å². The summed E-state index contributed by atoms with van der Waals surface area (Å²) in [4.78, 5) is 40.2. The number of nitrogens with one attached hydrogen (secondary N) is 3. The summed E-state index contributed by atoms with van der Waals surface area (Å²) in [6.07, 6.45) is -1.46. The number of carboxylic acids is 2. The highest BCUT2D eigenvalue weighted by molar-refractivity contribution is 5.91. The third-order valence-corrected chi connectivity index (χ3v) is 2.84. The van der Waals surface area contributed by atoms with Crippen LogP contribution in [0.4, 0.5) is 24.9 Å². The molecular weight excluding hydrogens is 473 g/mol. The van der Waals surface area contributed by atoms with Crippen LogP contribution in [0, 0.1) is 10.1 Å². The molecule has 1 heterocycles. The maximum atomic E-state index is 12.1. The summed E-state index contributed by atoms with van der Waals surface area (Å²) in [6, 6.07) is 1.40. The van der Waals surface area contributed by atoms with E-state index in [2.05, 4.69) is 36.0 Å². The van der Waals surface area contributed by atoms with Gasteiger partial charge in [0.25, 0.3) is 5.96 Å². The molecule has 0 saturated heterocycles. The number of nitrogens with two attached hydrogens (primary N) is 2. The van der Waals surface area contributed by atoms with Crippen molar-refractivity contribution in [1.82, 2.24) is 15.3 Å². The molecule has 0 saturated carbocycles. The average molecular weight is 494 g/mol. The Balaban J connectivity index is 0.00000116. The smallest absolute Gasteiger partial charge is 0.408 e. The van der Waals surface area contributed by atoms with Gasteiger partial charge in [-0.25, -0.2) is 29.7 Å². The van der Waals surface area contributed by atoms with E-state index >= 15 is 0 Å². The minimum absolute atomic E-state index is 0.159. The normalized spacial score (nSPS) is 11.9. The molecule has 0 radical (unpaired) electrons. The van der Waals surface area contributed by atoms with Crippen LogP contribution >= 0.6 is 0 Å². The van der Waals surface area contributed by atoms with Gasteiger partial charge in [0, 0.05) is 31.4 Å². The number of nitro groups is 1. The Labute approximate surface area is 188 Å². The van der Waals surface area contributed by atoms with Crippen LogP contribution in [0.5, 0.6) is 0 Å². The number of anilines is 2. The molecule has 0 bridgehead atoms. The Morgan fingerprint density at radius 2 is 1.79 bits per heavy atom. The molecule has 0 aliphatic rings. The molecular formula is C15H21F3N10O6. The highest BCUT2D eigenvalue weighted by atomic mass is 19.4. The van der Waals surface area contributed by atoms with E-state index in [0.29, 0.717) is 31.7 Å². The first-order chi connectivity index (χ1) is 15.8. The molecule has 188 valence electrons. The number of rotatable bonds is 10. The lowest BCUT2D eigenvalue weighted by atomic mass is 10.4. The molecule has 0 fully saturated rings. The zero-order chi connectivity index (χ0) is 26.1. The zero-order valence-corrected chi connectivity index (χ0v) is 17.2. The van der Waals surface area contributed by atoms with Crippen molar-refractivity contribution in [2.75, 3.05) is 30.3 Å². The van der Waals surface area contributed by atoms with Crippen molar-refractivity contribution in [2.45, 2.75) is 12.6 Å². The van der Waals surface area contributed by atoms with Gasteiger partial charge in [0.2, 0.25) is 5.95 Å². The predicted octanol–water partition coefficient (Wildman–Crippen LogP) is -0.625. The van der Waals surface area contributed by atoms with E-state index in [9.17, 15) is 32.9 Å². The Kier molecular flexibility index (Phi) is 13.1. The molecule has 16 nitrogen and oxygen atoms in total. The molecule has 19 heteroatoms. The number of nitrogens with zero attached hydrogens (tertiary/aromatic N) is 5. The van der Waals surface area contributed by atoms with E-state index in [4.69, 9.17) is 21.7 Å². The quantitative estimate of drug-likeness (QED) is 0.0534. The van der Waals surface area contributed by atoms with Crippen molar-refractivity contribution in [3.05, 3.63) is 34.5 Å². The fourth-order valence-corrected chi connectivity index (χ4v) is 1.63. The topological polar surface area (TPSA) is 256 Å². The molecule has 34 heavy (non-hydrogen) atoms. The lowest BCUT2D eigenvalue weighted by molar-refractivity contribution is -0.485. The number of hydrazone groups is 1. The van der Waals surface area contributed by atoms with Crippen molar-refractivity contribution in [1.29, 1.82) is 0 Å². The summed E-state index contributed by atoms with van der Waals surface area (Å²) in [5, 5.41) is 35.4. The fourth-order valence-electron chi connectivity index (χ4n) is 1.63. The van der Waals surface area contributed by atoms with Crippen molar-refractivity contribution >= 4 is 35.6 Å². The third kappa shape index (κ3) is 18.1. The van der Waals surface area contributed by atoms with Crippen molar-refractivity contribution < 1.29 is 38.0 Å². The maximum Gasteiger partial charge on any atom is 0.408 e. The number of guanidine groups is 2. The molecule has 9 N–H and O–H groups in total. The number of aromatic nitrogens is 2. The lowest BCUT2D eigenvalue weighted by Crippen LogP contribution is -2.33. The molecule has 1 aromatic heterocycles. The molecule has 0 aliphatic carbocycles. The summed E-state index contributed by atoms with van der Waals surface area (Å²) in [5.74, 6) is -2.90. The molecule has 1 aromatic rings. The number of aliphatic carboxylic acids is 2. The standard InChI is InChI=1S/C11H17F3N10O2.C4H4O4/c12-11(13,14)6-20-8(15)21-7-2-5-19-10(22-7)18-4-1-3-17-9(16)23-24(25)26;5-3(6)1-2-4(7)8/h2,5H,1,3-4,6H2,(H3,16,17,23)(H4,15,18,19,20,21,22);1-2H,(H,5,6)(H,7,8). The van der Waals surface area contributed by atoms with Crippen LogP contribution in [0.15, 0.2) is 34.5 Å². The fraction of sp³-hybridized carbons (Fsp3) is 0.333. The first-order valence-electron chi connectivity index (χ1n) is 8.85. The SMILES string of the molecule is NC(=N[N+](=O)[O-])NCCCNc1nccc(NC(N)=NCC(F)(F)F)n1.O=C(O)C=CC(=O)O. The number of halogens is 3. The molecule has 0 atom stereocenters. The van der Waals surface area contributed by atoms with Gasteiger partial charge in [0.1, 0.15) is 17.5 Å². The van der Waals surface area contributed by atoms with Crippen LogP contribution in [0.2, 0.25) is 0 Å². The van der Waals surface area contributed by atoms with E-state index in [-0.39, 0.29) is 17.7 Å². The van der Waals surface area contributed by atoms with Crippen molar-refractivity contribution in [3.8, 4) is 0 Å². The molecule has 0 amide bonds. The zero-order valence-electron chi connectivity index (χ0n) is 17.2. The molecule has 0 unspecified atom stereocenters. The van der Waals surface area contributed by atoms with Crippen molar-refractivity contribution in [3.63, 3.8) is 0 Å². The van der Waals surface area contributed by atoms with Gasteiger partial charge in [0.05, 0.1) is 0 Å². The van der Waals surface area contributed by atoms with Gasteiger partial charge in [-0.3, -0.25) is 0 Å². The van der Waals surface area contributed by atoms with Crippen LogP contribution in [0.3, 0.4) is 0 Å². The van der Waals surface area contributed by atoms with Gasteiger partial charge in [-0.05, 0) is 12.5 Å². The second-order valence-electron chi connectivity index (χ2n) is 5.65. The summed E-state index contributed by atoms with van der Waals surface area (Å²) in [6.45, 7) is -0.705. The number of carboxylic acid groups (broad SMARTS) is 2. The number of alkyl halides is 3. The van der Waals surface area contributed by atoms with E-state index in [1.807, 2.05) is 0 Å². The monoisotopic (exact) mass is 494 g/mol. The largest absolute Gasteiger partial charge is 0.478 e. The lowest BCUT2D eigenvalue weighted by Gasteiger charge is -2.09. The minimum atomic E-state index is -4.45. The molecule has 1 rings (SSSR count). The second kappa shape index (κ2) is 15.2. The number of hydrogen-bond acceptors (Lipinski definition) is 8. The second-order valence-corrected chi connectivity index (χ2v) is 5.65. The van der Waals surface area contributed by atoms with E-state index < -0.39 is 35.7 Å². The van der Waals surface area contributed by atoms with Gasteiger partial charge in [0.15, 0.2) is 11.0 Å². The van der Waals surface area contributed by atoms with Gasteiger partial charge < -0.3 is 37.6 Å². The van der Waals surface area contributed by atoms with E-state index in [1.54, 1.807) is 0 Å². The summed E-state index contributed by atoms with van der Waals surface area (Å²) in [5.41, 5.74) is 10.6. The minimum Gasteiger partial charge on any atom is -0.478 e. The maximum absolute atomic E-state index is 12.1. The highest BCUT2D eigenvalue weighted by Gasteiger charge is 2.26. The van der Waals surface area contributed by atoms with Gasteiger partial charge in [-0.15, -0.1) is 0 Å². The Morgan fingerprint density at radius 3 is 2.32 bits per heavy atom. The molecule has 0 aliphatic heterocycles. The molecule has 0 spiro atoms. The van der Waals surface area contributed by atoms with Crippen LogP contribution in [0.1, 0.15) is 6.42 Å². The van der Waals surface area contributed by atoms with Gasteiger partial charge in [-0.2, -0.15) is 18.2 Å². The number of hydrogen-bond donors (Lipinski definition) is 7. The van der Waals surface area contributed by atoms with Crippen LogP contribution < -0.4 is 27.4 Å². The summed E-state index contributed by atoms with van der Waals surface area (Å²) in [7, 11) is 0. The molecule has 0 aromatic carbocycles. The van der Waals surface area contributed by atoms with Crippen molar-refractivity contribution in [2.24, 2.45) is 21.6 Å². The Morgan fingerprint density at radius 1 is 1.18 bits per heavy atom. The third-order valence-electron chi connectivity index (χ3n) is 2.84. The predicted molar refractivity (Wildman–Crippen MR) is 112 cm³/mol. The summed E-state index contributed by atoms with van der Waals surface area (Å²) < 4.78 is 36.2. The van der Waals surface area contributed by atoms with Crippen LogP contribution in [-0.2, 0) is 9.59 Å².